The third-order valence-corrected chi connectivity index (χ3v) is 0.628. The molecule has 0 fully saturated rings. The van der Waals surface area contributed by atoms with E-state index in [4.69, 9.17) is 0 Å². The maximum absolute atomic E-state index is 9.55. The topological polar surface area (TPSA) is 20.3 Å². The lowest BCUT2D eigenvalue weighted by Gasteiger charge is -1.99. The van der Waals surface area contributed by atoms with Gasteiger partial charge in [0.05, 0.1) is 12.6 Å². The van der Waals surface area contributed by atoms with Gasteiger partial charge in [0.1, 0.15) is 5.94 Å². The Morgan fingerprint density at radius 1 is 1.56 bits per heavy atom. The Morgan fingerprint density at radius 3 is 2.67 bits per heavy atom. The summed E-state index contributed by atoms with van der Waals surface area (Å²) < 4.78 is 0. The lowest BCUT2D eigenvalue weighted by molar-refractivity contribution is 0.464. The summed E-state index contributed by atoms with van der Waals surface area (Å²) in [7, 11) is 3.83. The molecule has 0 saturated heterocycles. The fourth-order valence-electron chi connectivity index (χ4n) is 0.284. The highest BCUT2D eigenvalue weighted by Gasteiger charge is 1.77. The van der Waals surface area contributed by atoms with Crippen molar-refractivity contribution in [2.75, 3.05) is 20.6 Å². The number of allylic oxidation sites excluding steroid dienone is 1. The molecule has 0 aliphatic heterocycles. The molecule has 0 N–H and O–H groups in total. The molecule has 0 saturated carbocycles. The third-order valence-electron chi connectivity index (χ3n) is 0.628. The monoisotopic (exact) mass is 123 g/mol. The van der Waals surface area contributed by atoms with Crippen molar-refractivity contribution in [1.29, 1.82) is 0 Å². The van der Waals surface area contributed by atoms with Crippen molar-refractivity contribution in [3.63, 3.8) is 0 Å². The summed E-state index contributed by atoms with van der Waals surface area (Å²) in [6.45, 7) is 0.679. The molecule has 0 bridgehead atoms. The average Bonchev–Trinajstić information content (AvgIpc) is 1.80. The van der Waals surface area contributed by atoms with Gasteiger partial charge in [-0.3, -0.25) is 4.90 Å². The van der Waals surface area contributed by atoms with Crippen LogP contribution < -0.4 is 0 Å². The summed E-state index contributed by atoms with van der Waals surface area (Å²) in [4.78, 5) is 11.5. The molecule has 0 heterocycles. The Morgan fingerprint density at radius 2 is 2.22 bits per heavy atom. The highest BCUT2D eigenvalue weighted by Crippen LogP contribution is 1.67. The molecule has 0 aliphatic carbocycles. The van der Waals surface area contributed by atoms with Crippen molar-refractivity contribution in [1.82, 2.24) is 4.90 Å². The number of hydrogen-bond donors (Lipinski definition) is 0. The molecule has 9 heavy (non-hydrogen) atoms. The van der Waals surface area contributed by atoms with Crippen LogP contribution in [0.15, 0.2) is 6.08 Å². The van der Waals surface area contributed by atoms with Crippen LogP contribution in [0.25, 0.3) is 0 Å². The molecular formula is C7H9NO. The Labute approximate surface area is 55.2 Å². The Kier molecular flexibility index (Phi) is 4.53. The highest BCUT2D eigenvalue weighted by atomic mass is 16.1. The predicted molar refractivity (Wildman–Crippen MR) is 36.6 cm³/mol. The van der Waals surface area contributed by atoms with Gasteiger partial charge >= 0.3 is 0 Å². The summed E-state index contributed by atoms with van der Waals surface area (Å²) in [5.41, 5.74) is 0. The molecule has 0 aliphatic rings. The van der Waals surface area contributed by atoms with Gasteiger partial charge in [0.2, 0.25) is 0 Å². The molecule has 0 unspecified atom stereocenters. The quantitative estimate of drug-likeness (QED) is 0.359. The molecule has 48 valence electrons. The fraction of sp³-hybridized carbons (Fsp3) is 0.429. The van der Waals surface area contributed by atoms with Crippen molar-refractivity contribution in [3.8, 4) is 11.8 Å². The molecule has 0 aromatic rings. The second kappa shape index (κ2) is 5.11. The van der Waals surface area contributed by atoms with Gasteiger partial charge in [0, 0.05) is 0 Å². The predicted octanol–water partition coefficient (Wildman–Crippen LogP) is -0.0608. The SMILES string of the molecule is CN(C)CC#CC=C=O. The largest absolute Gasteiger partial charge is 0.299 e. The normalized spacial score (nSPS) is 7.44. The third kappa shape index (κ3) is 6.97. The van der Waals surface area contributed by atoms with Crippen LogP contribution in [0, 0.1) is 11.8 Å². The minimum Gasteiger partial charge on any atom is -0.299 e. The number of hydrogen-bond acceptors (Lipinski definition) is 2. The fourth-order valence-corrected chi connectivity index (χ4v) is 0.284. The first-order valence-electron chi connectivity index (χ1n) is 2.60. The van der Waals surface area contributed by atoms with E-state index >= 15 is 0 Å². The molecule has 2 heteroatoms. The maximum Gasteiger partial charge on any atom is 0.133 e. The zero-order valence-electron chi connectivity index (χ0n) is 5.64. The molecule has 2 nitrogen and oxygen atoms in total. The highest BCUT2D eigenvalue weighted by molar-refractivity contribution is 5.51. The zero-order chi connectivity index (χ0) is 7.11. The molecule has 0 aromatic carbocycles. The van der Waals surface area contributed by atoms with Crippen molar-refractivity contribution < 1.29 is 4.79 Å². The minimum atomic E-state index is 0.679. The van der Waals surface area contributed by atoms with E-state index in [0.29, 0.717) is 6.54 Å². The summed E-state index contributed by atoms with van der Waals surface area (Å²) in [5.74, 6) is 6.84. The first-order valence-corrected chi connectivity index (χ1v) is 2.60. The molecule has 0 spiro atoms. The second-order valence-corrected chi connectivity index (χ2v) is 1.82. The van der Waals surface area contributed by atoms with E-state index in [1.807, 2.05) is 19.0 Å². The summed E-state index contributed by atoms with van der Waals surface area (Å²) >= 11 is 0. The van der Waals surface area contributed by atoms with Crippen molar-refractivity contribution in [3.05, 3.63) is 6.08 Å². The van der Waals surface area contributed by atoms with Crippen LogP contribution in [-0.4, -0.2) is 31.5 Å². The van der Waals surface area contributed by atoms with E-state index in [-0.39, 0.29) is 0 Å². The van der Waals surface area contributed by atoms with Crippen LogP contribution in [0.3, 0.4) is 0 Å². The second-order valence-electron chi connectivity index (χ2n) is 1.82. The van der Waals surface area contributed by atoms with Crippen LogP contribution in [0.1, 0.15) is 0 Å². The lowest BCUT2D eigenvalue weighted by atomic mass is 10.5. The van der Waals surface area contributed by atoms with Gasteiger partial charge < -0.3 is 0 Å². The number of carbonyl (C=O) groups excluding carboxylic acids is 1. The molecular weight excluding hydrogens is 114 g/mol. The van der Waals surface area contributed by atoms with E-state index in [1.165, 1.54) is 6.08 Å². The van der Waals surface area contributed by atoms with Gasteiger partial charge in [-0.2, -0.15) is 0 Å². The summed E-state index contributed by atoms with van der Waals surface area (Å²) in [6.07, 6.45) is 1.17. The van der Waals surface area contributed by atoms with E-state index in [9.17, 15) is 4.79 Å². The Bertz CT molecular complexity index is 167. The zero-order valence-corrected chi connectivity index (χ0v) is 5.64. The van der Waals surface area contributed by atoms with Crippen LogP contribution in [0.5, 0.6) is 0 Å². The maximum atomic E-state index is 9.55. The standard InChI is InChI=1S/C7H9NO/c1-8(2)6-4-3-5-7-9/h5H,6H2,1-2H3. The van der Waals surface area contributed by atoms with Crippen molar-refractivity contribution in [2.24, 2.45) is 0 Å². The first-order chi connectivity index (χ1) is 4.27. The van der Waals surface area contributed by atoms with Crippen LogP contribution in [0.2, 0.25) is 0 Å². The summed E-state index contributed by atoms with van der Waals surface area (Å²) in [6, 6.07) is 0. The number of nitrogens with zero attached hydrogens (tertiary/aromatic N) is 1. The first kappa shape index (κ1) is 7.97. The van der Waals surface area contributed by atoms with Gasteiger partial charge in [-0.25, -0.2) is 4.79 Å². The van der Waals surface area contributed by atoms with Crippen LogP contribution >= 0.6 is 0 Å². The van der Waals surface area contributed by atoms with Crippen LogP contribution in [0.4, 0.5) is 0 Å². The van der Waals surface area contributed by atoms with Crippen molar-refractivity contribution in [2.45, 2.75) is 0 Å². The van der Waals surface area contributed by atoms with Gasteiger partial charge in [-0.15, -0.1) is 0 Å². The van der Waals surface area contributed by atoms with Gasteiger partial charge in [-0.05, 0) is 14.1 Å². The molecule has 0 aromatic heterocycles. The molecule has 0 amide bonds. The molecule has 0 radical (unpaired) electrons. The smallest absolute Gasteiger partial charge is 0.133 e. The minimum absolute atomic E-state index is 0.679. The van der Waals surface area contributed by atoms with Gasteiger partial charge in [0.25, 0.3) is 0 Å². The van der Waals surface area contributed by atoms with Crippen molar-refractivity contribution >= 4 is 5.94 Å². The molecule has 0 atom stereocenters. The lowest BCUT2D eigenvalue weighted by Crippen LogP contribution is -2.10. The number of rotatable bonds is 1. The Balaban J connectivity index is 3.50. The van der Waals surface area contributed by atoms with E-state index in [1.54, 1.807) is 5.94 Å². The molecule has 0 rings (SSSR count). The van der Waals surface area contributed by atoms with E-state index in [2.05, 4.69) is 11.8 Å². The van der Waals surface area contributed by atoms with Gasteiger partial charge in [-0.1, -0.05) is 11.8 Å². The van der Waals surface area contributed by atoms with Crippen LogP contribution in [-0.2, 0) is 4.79 Å². The van der Waals surface area contributed by atoms with E-state index < -0.39 is 0 Å². The van der Waals surface area contributed by atoms with E-state index in [0.717, 1.165) is 0 Å². The summed E-state index contributed by atoms with van der Waals surface area (Å²) in [5, 5.41) is 0. The average molecular weight is 123 g/mol. The van der Waals surface area contributed by atoms with Gasteiger partial charge in [0.15, 0.2) is 0 Å². The Hall–Kier alpha value is -1.03.